The van der Waals surface area contributed by atoms with Gasteiger partial charge in [-0.05, 0) is 36.8 Å². The molecule has 0 radical (unpaired) electrons. The second-order valence-electron chi connectivity index (χ2n) is 4.79. The summed E-state index contributed by atoms with van der Waals surface area (Å²) >= 11 is 0. The highest BCUT2D eigenvalue weighted by Gasteiger charge is 2.08. The van der Waals surface area contributed by atoms with Crippen LogP contribution in [0.5, 0.6) is 5.75 Å². The van der Waals surface area contributed by atoms with Crippen LogP contribution in [0.4, 0.5) is 4.39 Å². The Morgan fingerprint density at radius 3 is 2.52 bits per heavy atom. The number of ether oxygens (including phenoxy) is 1. The van der Waals surface area contributed by atoms with E-state index in [2.05, 4.69) is 5.32 Å². The van der Waals surface area contributed by atoms with Gasteiger partial charge in [0.1, 0.15) is 11.6 Å². The Kier molecular flexibility index (Phi) is 4.91. The van der Waals surface area contributed by atoms with Crippen molar-refractivity contribution in [2.45, 2.75) is 19.5 Å². The third kappa shape index (κ3) is 3.80. The van der Waals surface area contributed by atoms with Crippen molar-refractivity contribution in [3.8, 4) is 11.8 Å². The largest absolute Gasteiger partial charge is 0.497 e. The monoisotopic (exact) mass is 284 g/mol. The quantitative estimate of drug-likeness (QED) is 0.913. The lowest BCUT2D eigenvalue weighted by molar-refractivity contribution is 0.414. The summed E-state index contributed by atoms with van der Waals surface area (Å²) in [6.07, 6.45) is 0. The summed E-state index contributed by atoms with van der Waals surface area (Å²) < 4.78 is 18.9. The van der Waals surface area contributed by atoms with Crippen LogP contribution >= 0.6 is 0 Å². The number of hydrogen-bond acceptors (Lipinski definition) is 3. The lowest BCUT2D eigenvalue weighted by atomic mass is 10.1. The van der Waals surface area contributed by atoms with Gasteiger partial charge in [0.2, 0.25) is 0 Å². The molecule has 0 heterocycles. The first-order chi connectivity index (χ1) is 10.1. The fraction of sp³-hybridized carbons (Fsp3) is 0.235. The van der Waals surface area contributed by atoms with Crippen molar-refractivity contribution in [2.24, 2.45) is 0 Å². The van der Waals surface area contributed by atoms with Crippen molar-refractivity contribution in [1.82, 2.24) is 5.32 Å². The van der Waals surface area contributed by atoms with Crippen molar-refractivity contribution in [3.05, 3.63) is 65.0 Å². The SMILES string of the molecule is COc1ccc([C@H](C)NCc2ccc(C#N)cc2F)cc1. The highest BCUT2D eigenvalue weighted by atomic mass is 19.1. The summed E-state index contributed by atoms with van der Waals surface area (Å²) in [5.41, 5.74) is 1.98. The zero-order valence-corrected chi connectivity index (χ0v) is 12.1. The molecule has 1 atom stereocenters. The van der Waals surface area contributed by atoms with Crippen LogP contribution in [0.2, 0.25) is 0 Å². The van der Waals surface area contributed by atoms with Gasteiger partial charge in [-0.3, -0.25) is 0 Å². The number of methoxy groups -OCH3 is 1. The van der Waals surface area contributed by atoms with Crippen LogP contribution in [0.3, 0.4) is 0 Å². The van der Waals surface area contributed by atoms with Crippen LogP contribution in [-0.4, -0.2) is 7.11 Å². The normalized spacial score (nSPS) is 11.7. The Labute approximate surface area is 124 Å². The summed E-state index contributed by atoms with van der Waals surface area (Å²) in [6, 6.07) is 14.3. The summed E-state index contributed by atoms with van der Waals surface area (Å²) in [5, 5.41) is 12.0. The van der Waals surface area contributed by atoms with Crippen LogP contribution in [0.15, 0.2) is 42.5 Å². The zero-order valence-electron chi connectivity index (χ0n) is 12.1. The van der Waals surface area contributed by atoms with E-state index >= 15 is 0 Å². The van der Waals surface area contributed by atoms with Gasteiger partial charge >= 0.3 is 0 Å². The maximum absolute atomic E-state index is 13.8. The molecule has 0 aliphatic heterocycles. The number of nitriles is 1. The van der Waals surface area contributed by atoms with Crippen molar-refractivity contribution >= 4 is 0 Å². The predicted molar refractivity (Wildman–Crippen MR) is 79.4 cm³/mol. The van der Waals surface area contributed by atoms with E-state index in [1.807, 2.05) is 37.3 Å². The molecule has 2 aromatic carbocycles. The molecule has 0 fully saturated rings. The number of benzene rings is 2. The molecule has 0 spiro atoms. The van der Waals surface area contributed by atoms with Crippen molar-refractivity contribution in [2.75, 3.05) is 7.11 Å². The Bertz CT molecular complexity index is 647. The summed E-state index contributed by atoms with van der Waals surface area (Å²) in [7, 11) is 1.63. The minimum absolute atomic E-state index is 0.0888. The number of hydrogen-bond donors (Lipinski definition) is 1. The lowest BCUT2D eigenvalue weighted by Gasteiger charge is -2.15. The molecule has 0 amide bonds. The molecular formula is C17H17FN2O. The van der Waals surface area contributed by atoms with Gasteiger partial charge in [-0.1, -0.05) is 18.2 Å². The molecule has 3 nitrogen and oxygen atoms in total. The minimum Gasteiger partial charge on any atom is -0.497 e. The fourth-order valence-corrected chi connectivity index (χ4v) is 2.03. The van der Waals surface area contributed by atoms with E-state index in [4.69, 9.17) is 10.00 Å². The molecule has 0 aliphatic rings. The van der Waals surface area contributed by atoms with E-state index in [1.165, 1.54) is 6.07 Å². The Morgan fingerprint density at radius 1 is 1.24 bits per heavy atom. The van der Waals surface area contributed by atoms with E-state index < -0.39 is 0 Å². The van der Waals surface area contributed by atoms with Crippen LogP contribution in [0.1, 0.15) is 29.7 Å². The lowest BCUT2D eigenvalue weighted by Crippen LogP contribution is -2.18. The van der Waals surface area contributed by atoms with Gasteiger partial charge in [-0.25, -0.2) is 4.39 Å². The van der Waals surface area contributed by atoms with Crippen LogP contribution in [0.25, 0.3) is 0 Å². The molecule has 0 bridgehead atoms. The van der Waals surface area contributed by atoms with Gasteiger partial charge in [-0.15, -0.1) is 0 Å². The minimum atomic E-state index is -0.358. The molecule has 2 rings (SSSR count). The van der Waals surface area contributed by atoms with E-state index in [0.29, 0.717) is 17.7 Å². The topological polar surface area (TPSA) is 45.0 Å². The van der Waals surface area contributed by atoms with Crippen LogP contribution in [0, 0.1) is 17.1 Å². The van der Waals surface area contributed by atoms with E-state index in [-0.39, 0.29) is 11.9 Å². The van der Waals surface area contributed by atoms with Gasteiger partial charge in [0.15, 0.2) is 0 Å². The molecule has 0 unspecified atom stereocenters. The van der Waals surface area contributed by atoms with Gasteiger partial charge in [0, 0.05) is 18.2 Å². The highest BCUT2D eigenvalue weighted by molar-refractivity contribution is 5.33. The van der Waals surface area contributed by atoms with Crippen molar-refractivity contribution in [3.63, 3.8) is 0 Å². The molecule has 108 valence electrons. The smallest absolute Gasteiger partial charge is 0.129 e. The third-order valence-electron chi connectivity index (χ3n) is 3.40. The van der Waals surface area contributed by atoms with Gasteiger partial charge in [0.05, 0.1) is 18.7 Å². The van der Waals surface area contributed by atoms with Gasteiger partial charge < -0.3 is 10.1 Å². The summed E-state index contributed by atoms with van der Waals surface area (Å²) in [4.78, 5) is 0. The first-order valence-electron chi connectivity index (χ1n) is 6.70. The molecule has 0 aliphatic carbocycles. The first-order valence-corrected chi connectivity index (χ1v) is 6.70. The molecule has 1 N–H and O–H groups in total. The van der Waals surface area contributed by atoms with E-state index in [0.717, 1.165) is 11.3 Å². The Morgan fingerprint density at radius 2 is 1.95 bits per heavy atom. The van der Waals surface area contributed by atoms with E-state index in [1.54, 1.807) is 19.2 Å². The van der Waals surface area contributed by atoms with Gasteiger partial charge in [0.25, 0.3) is 0 Å². The highest BCUT2D eigenvalue weighted by Crippen LogP contribution is 2.18. The second-order valence-corrected chi connectivity index (χ2v) is 4.79. The maximum Gasteiger partial charge on any atom is 0.129 e. The average molecular weight is 284 g/mol. The molecule has 0 saturated carbocycles. The molecule has 4 heteroatoms. The number of rotatable bonds is 5. The number of nitrogens with one attached hydrogen (secondary N) is 1. The standard InChI is InChI=1S/C17H17FN2O/c1-12(14-5-7-16(21-2)8-6-14)20-11-15-4-3-13(10-19)9-17(15)18/h3-9,12,20H,11H2,1-2H3/t12-/m0/s1. The Hall–Kier alpha value is -2.38. The zero-order chi connectivity index (χ0) is 15.2. The molecule has 0 saturated heterocycles. The Balaban J connectivity index is 2.00. The molecule has 2 aromatic rings. The molecule has 21 heavy (non-hydrogen) atoms. The summed E-state index contributed by atoms with van der Waals surface area (Å²) in [5.74, 6) is 0.451. The molecule has 0 aromatic heterocycles. The maximum atomic E-state index is 13.8. The van der Waals surface area contributed by atoms with E-state index in [9.17, 15) is 4.39 Å². The number of halogens is 1. The second kappa shape index (κ2) is 6.87. The third-order valence-corrected chi connectivity index (χ3v) is 3.40. The van der Waals surface area contributed by atoms with Crippen molar-refractivity contribution in [1.29, 1.82) is 5.26 Å². The molecular weight excluding hydrogens is 267 g/mol. The predicted octanol–water partition coefficient (Wildman–Crippen LogP) is 3.56. The summed E-state index contributed by atoms with van der Waals surface area (Å²) in [6.45, 7) is 2.42. The number of nitrogens with zero attached hydrogens (tertiary/aromatic N) is 1. The van der Waals surface area contributed by atoms with Crippen LogP contribution < -0.4 is 10.1 Å². The van der Waals surface area contributed by atoms with Gasteiger partial charge in [-0.2, -0.15) is 5.26 Å². The van der Waals surface area contributed by atoms with Crippen molar-refractivity contribution < 1.29 is 9.13 Å². The first kappa shape index (κ1) is 15.0. The average Bonchev–Trinajstić information content (AvgIpc) is 2.53. The fourth-order valence-electron chi connectivity index (χ4n) is 2.03. The van der Waals surface area contributed by atoms with Crippen LogP contribution in [-0.2, 0) is 6.54 Å².